The molecule has 0 bridgehead atoms. The van der Waals surface area contributed by atoms with Crippen LogP contribution in [0.1, 0.15) is 80.2 Å². The van der Waals surface area contributed by atoms with Gasteiger partial charge in [-0.3, -0.25) is 19.4 Å². The van der Waals surface area contributed by atoms with Crippen LogP contribution in [0.2, 0.25) is 0 Å². The summed E-state index contributed by atoms with van der Waals surface area (Å²) in [5, 5.41) is 51.3. The van der Waals surface area contributed by atoms with Gasteiger partial charge < -0.3 is 54.9 Å². The van der Waals surface area contributed by atoms with Crippen LogP contribution in [0, 0.1) is 17.8 Å². The van der Waals surface area contributed by atoms with Gasteiger partial charge in [0.2, 0.25) is 5.91 Å². The number of Topliss-reactive ketones (excluding diaryl/α,β-unsaturated/α-hetero) is 1. The van der Waals surface area contributed by atoms with Gasteiger partial charge in [-0.15, -0.1) is 0 Å². The number of ketones is 1. The molecule has 1 aromatic heterocycles. The van der Waals surface area contributed by atoms with Crippen LogP contribution >= 0.6 is 0 Å². The number of nitrogens with zero attached hydrogens (tertiary/aromatic N) is 2. The van der Waals surface area contributed by atoms with Crippen LogP contribution in [0.25, 0.3) is 0 Å². The number of aromatic nitrogens is 1. The molecule has 3 rings (SSSR count). The smallest absolute Gasteiger partial charge is 0.316 e. The number of rotatable bonds is 12. The van der Waals surface area contributed by atoms with E-state index in [0.717, 1.165) is 5.56 Å². The fraction of sp³-hybridized carbons (Fsp3) is 0.795. The molecule has 2 aliphatic heterocycles. The Morgan fingerprint density at radius 1 is 1.11 bits per heavy atom. The van der Waals surface area contributed by atoms with Gasteiger partial charge in [0.05, 0.1) is 42.5 Å². The van der Waals surface area contributed by atoms with Crippen molar-refractivity contribution in [2.75, 3.05) is 33.8 Å². The zero-order chi connectivity index (χ0) is 40.5. The van der Waals surface area contributed by atoms with E-state index < -0.39 is 89.5 Å². The summed E-state index contributed by atoms with van der Waals surface area (Å²) in [5.41, 5.74) is -2.43. The Hall–Kier alpha value is -2.60. The van der Waals surface area contributed by atoms with Gasteiger partial charge in [0.1, 0.15) is 23.7 Å². The van der Waals surface area contributed by atoms with E-state index >= 15 is 0 Å². The van der Waals surface area contributed by atoms with Crippen molar-refractivity contribution in [1.29, 1.82) is 0 Å². The van der Waals surface area contributed by atoms with Crippen LogP contribution in [0.4, 0.5) is 0 Å². The largest absolute Gasteiger partial charge is 0.459 e. The predicted molar refractivity (Wildman–Crippen MR) is 200 cm³/mol. The van der Waals surface area contributed by atoms with Crippen LogP contribution in [0.3, 0.4) is 0 Å². The number of likely N-dealkylation sites (N-methyl/N-ethyl adjacent to an activating group) is 1. The van der Waals surface area contributed by atoms with Gasteiger partial charge in [-0.2, -0.15) is 0 Å². The Morgan fingerprint density at radius 2 is 1.80 bits per heavy atom. The van der Waals surface area contributed by atoms with Gasteiger partial charge in [-0.05, 0) is 92.6 Å². The average Bonchev–Trinajstić information content (AvgIpc) is 3.12. The van der Waals surface area contributed by atoms with Crippen molar-refractivity contribution >= 4 is 17.7 Å². The molecule has 15 heteroatoms. The highest BCUT2D eigenvalue weighted by molar-refractivity contribution is 6.00. The summed E-state index contributed by atoms with van der Waals surface area (Å²) in [6, 6.07) is 2.83. The van der Waals surface area contributed by atoms with E-state index in [1.807, 2.05) is 38.1 Å². The van der Waals surface area contributed by atoms with Crippen molar-refractivity contribution in [2.45, 2.75) is 147 Å². The van der Waals surface area contributed by atoms with Gasteiger partial charge in [-0.25, -0.2) is 0 Å². The first kappa shape index (κ1) is 45.8. The van der Waals surface area contributed by atoms with E-state index in [1.165, 1.54) is 20.8 Å². The number of hydrogen-bond donors (Lipinski definition) is 6. The fourth-order valence-electron chi connectivity index (χ4n) is 7.63. The summed E-state index contributed by atoms with van der Waals surface area (Å²) in [6.07, 6.45) is -2.84. The van der Waals surface area contributed by atoms with E-state index in [9.17, 15) is 34.8 Å². The minimum atomic E-state index is -2.03. The number of aliphatic hydroxyl groups is 4. The summed E-state index contributed by atoms with van der Waals surface area (Å²) in [5.74, 6) is -5.60. The molecule has 0 unspecified atom stereocenters. The quantitative estimate of drug-likeness (QED) is 0.0997. The molecule has 2 fully saturated rings. The Balaban J connectivity index is 2.02. The number of hydrogen-bond acceptors (Lipinski definition) is 14. The van der Waals surface area contributed by atoms with Crippen LogP contribution < -0.4 is 10.6 Å². The summed E-state index contributed by atoms with van der Waals surface area (Å²) in [6.45, 7) is 13.3. The molecular weight excluding hydrogens is 700 g/mol. The lowest BCUT2D eigenvalue weighted by Gasteiger charge is -2.47. The molecular formula is C39H66N4O11. The molecule has 2 saturated heterocycles. The highest BCUT2D eigenvalue weighted by atomic mass is 16.7. The van der Waals surface area contributed by atoms with Crippen LogP contribution in [-0.2, 0) is 39.8 Å². The average molecular weight is 767 g/mol. The minimum Gasteiger partial charge on any atom is -0.459 e. The second kappa shape index (κ2) is 20.0. The number of amides is 1. The fourth-order valence-corrected chi connectivity index (χ4v) is 7.63. The highest BCUT2D eigenvalue weighted by Crippen LogP contribution is 2.36. The van der Waals surface area contributed by atoms with Gasteiger partial charge in [0.25, 0.3) is 0 Å². The molecule has 0 aromatic carbocycles. The Labute approximate surface area is 320 Å². The molecule has 2 aliphatic rings. The molecule has 15 nitrogen and oxygen atoms in total. The van der Waals surface area contributed by atoms with Crippen molar-refractivity contribution in [3.63, 3.8) is 0 Å². The first-order valence-electron chi connectivity index (χ1n) is 19.2. The summed E-state index contributed by atoms with van der Waals surface area (Å²) in [7, 11) is 3.68. The number of carbonyl (C=O) groups excluding carboxylic acids is 3. The second-order valence-corrected chi connectivity index (χ2v) is 16.0. The van der Waals surface area contributed by atoms with E-state index in [2.05, 4.69) is 15.6 Å². The lowest BCUT2D eigenvalue weighted by molar-refractivity contribution is -0.298. The molecule has 0 saturated carbocycles. The molecule has 0 radical (unpaired) electrons. The number of cyclic esters (lactones) is 1. The van der Waals surface area contributed by atoms with Gasteiger partial charge >= 0.3 is 5.97 Å². The molecule has 1 aromatic rings. The van der Waals surface area contributed by atoms with Gasteiger partial charge in [-0.1, -0.05) is 26.8 Å². The first-order chi connectivity index (χ1) is 25.2. The van der Waals surface area contributed by atoms with Crippen molar-refractivity contribution in [3.05, 3.63) is 30.1 Å². The molecule has 1 amide bonds. The van der Waals surface area contributed by atoms with Crippen molar-refractivity contribution in [3.8, 4) is 0 Å². The monoisotopic (exact) mass is 766 g/mol. The number of carbonyl (C=O) groups is 3. The van der Waals surface area contributed by atoms with E-state index in [0.29, 0.717) is 19.4 Å². The predicted octanol–water partition coefficient (Wildman–Crippen LogP) is 0.981. The number of aliphatic hydroxyl groups excluding tert-OH is 3. The molecule has 14 atom stereocenters. The third-order valence-electron chi connectivity index (χ3n) is 11.0. The Bertz CT molecular complexity index is 1350. The topological polar surface area (TPSA) is 209 Å². The number of esters is 1. The molecule has 0 aliphatic carbocycles. The number of pyridine rings is 1. The lowest BCUT2D eigenvalue weighted by atomic mass is 9.79. The van der Waals surface area contributed by atoms with E-state index in [-0.39, 0.29) is 38.1 Å². The summed E-state index contributed by atoms with van der Waals surface area (Å²) in [4.78, 5) is 47.4. The number of nitrogens with one attached hydrogen (secondary N) is 2. The molecule has 54 heavy (non-hydrogen) atoms. The van der Waals surface area contributed by atoms with E-state index in [4.69, 9.17) is 18.9 Å². The van der Waals surface area contributed by atoms with Gasteiger partial charge in [0, 0.05) is 36.9 Å². The lowest BCUT2D eigenvalue weighted by Crippen LogP contribution is -2.60. The zero-order valence-electron chi connectivity index (χ0n) is 33.7. The third kappa shape index (κ3) is 11.7. The summed E-state index contributed by atoms with van der Waals surface area (Å²) < 4.78 is 25.0. The Morgan fingerprint density at radius 3 is 2.41 bits per heavy atom. The first-order valence-corrected chi connectivity index (χ1v) is 19.2. The standard InChI is InChI=1S/C39H66N4O11/c1-11-30-39(8,50)33(47)26(6)35(48)42-22(2)18-38(7,51-21-28(44)20-41-16-14-27-13-12-15-40-19-27)34(24(4)31(45)25(5)36(49)53-30)54-37-32(46)29(43(9)10)17-23(3)52-37/h12-13,15,19,22-26,28-30,32-34,37,41,44,46-47,50H,11,14,16-18,20-21H2,1-10H3,(H,42,48)/t22-,23-,24+,25-,26-,28+,29+,30-,32-,33-,34-,37+,38-,39-/m1/s1. The van der Waals surface area contributed by atoms with Crippen molar-refractivity contribution in [2.24, 2.45) is 17.8 Å². The molecule has 308 valence electrons. The second-order valence-electron chi connectivity index (χ2n) is 16.0. The van der Waals surface area contributed by atoms with Crippen molar-refractivity contribution < 1.29 is 53.8 Å². The molecule has 6 N–H and O–H groups in total. The maximum absolute atomic E-state index is 14.3. The maximum Gasteiger partial charge on any atom is 0.316 e. The van der Waals surface area contributed by atoms with Crippen molar-refractivity contribution in [1.82, 2.24) is 20.5 Å². The Kier molecular flexibility index (Phi) is 17.0. The SMILES string of the molecule is CC[C@H]1OC(=O)[C@H](C)C(=O)[C@H](C)[C@@H](O[C@@H]2O[C@H](C)C[C@H](N(C)C)[C@H]2O)[C@](C)(OC[C@@H](O)CNCCc2cccnc2)C[C@@H](C)NC(=O)[C@H](C)[C@@H](O)[C@]1(C)O. The normalized spacial score (nSPS) is 38.3. The van der Waals surface area contributed by atoms with Crippen LogP contribution in [0.15, 0.2) is 24.5 Å². The van der Waals surface area contributed by atoms with Crippen LogP contribution in [-0.4, -0.2) is 148 Å². The minimum absolute atomic E-state index is 0.0350. The van der Waals surface area contributed by atoms with E-state index in [1.54, 1.807) is 40.1 Å². The third-order valence-corrected chi connectivity index (χ3v) is 11.0. The molecule has 0 spiro atoms. The van der Waals surface area contributed by atoms with Crippen LogP contribution in [0.5, 0.6) is 0 Å². The summed E-state index contributed by atoms with van der Waals surface area (Å²) >= 11 is 0. The highest BCUT2D eigenvalue weighted by Gasteiger charge is 2.51. The molecule has 3 heterocycles. The zero-order valence-corrected chi connectivity index (χ0v) is 33.7. The maximum atomic E-state index is 14.3. The number of ether oxygens (including phenoxy) is 4. The van der Waals surface area contributed by atoms with Gasteiger partial charge in [0.15, 0.2) is 12.1 Å².